The van der Waals surface area contributed by atoms with Gasteiger partial charge in [-0.25, -0.2) is 23.1 Å². The summed E-state index contributed by atoms with van der Waals surface area (Å²) in [6.07, 6.45) is 14.2. The number of hydrogen-bond donors (Lipinski definition) is 2. The number of rotatable bonds is 24. The number of carbonyl (C=O) groups is 2. The molecule has 1 aliphatic heterocycles. The van der Waals surface area contributed by atoms with E-state index in [-0.39, 0.29) is 24.4 Å². The Balaban J connectivity index is 1.34. The van der Waals surface area contributed by atoms with Crippen LogP contribution in [-0.4, -0.2) is 79.1 Å². The number of anilines is 2. The third kappa shape index (κ3) is 13.7. The molecule has 1 aromatic heterocycles. The number of sulfonamides is 1. The van der Waals surface area contributed by atoms with Gasteiger partial charge in [0.2, 0.25) is 15.8 Å². The van der Waals surface area contributed by atoms with E-state index in [1.54, 1.807) is 12.1 Å². The summed E-state index contributed by atoms with van der Waals surface area (Å²) in [7, 11) is -3.25. The number of aryl methyl sites for hydroxylation is 1. The topological polar surface area (TPSA) is 160 Å². The summed E-state index contributed by atoms with van der Waals surface area (Å²) in [5.41, 5.74) is 5.32. The highest BCUT2D eigenvalue weighted by Crippen LogP contribution is 2.28. The third-order valence-corrected chi connectivity index (χ3v) is 10.4. The number of aromatic nitrogens is 3. The quantitative estimate of drug-likeness (QED) is 0.0689. The van der Waals surface area contributed by atoms with Gasteiger partial charge < -0.3 is 15.0 Å². The molecule has 2 N–H and O–H groups in total. The van der Waals surface area contributed by atoms with E-state index >= 15 is 0 Å². The van der Waals surface area contributed by atoms with Crippen LogP contribution in [-0.2, 0) is 24.3 Å². The molecule has 0 bridgehead atoms. The molecule has 14 heteroatoms. The Morgan fingerprint density at radius 2 is 1.56 bits per heavy atom. The molecule has 2 heterocycles. The molecule has 0 saturated heterocycles. The Morgan fingerprint density at radius 3 is 2.20 bits per heavy atom. The Bertz CT molecular complexity index is 1890. The molecule has 4 rings (SSSR count). The van der Waals surface area contributed by atoms with E-state index in [9.17, 15) is 18.0 Å². The first-order chi connectivity index (χ1) is 26.4. The van der Waals surface area contributed by atoms with Gasteiger partial charge in [-0.05, 0) is 81.6 Å². The molecule has 0 saturated carbocycles. The number of esters is 1. The number of fused-ring (bicyclic) bond motifs is 1. The maximum Gasteiger partial charge on any atom is 0.309 e. The summed E-state index contributed by atoms with van der Waals surface area (Å²) >= 11 is 0. The number of carbonyl (C=O) groups excluding carboxylic acids is 2. The standard InChI is InChI=1S/C41H60N8O5S/c1-7-10-12-14-15-17-19-33(18-16-13-11-8-2)41(51)54-29-37(50)43-34-22-20-32(21-23-34)39-45-40-38(31(5)46-49(40)47-39)44-36-25-24-35(28-30(36)4)48(9-3)27-26-42-55(6,52)53/h20-25,28,33,42H,7-19,26-27,29H2,1-6H3,(H,43,50)/b44-38-. The number of nitrogens with zero attached hydrogens (tertiary/aromatic N) is 6. The second-order valence-corrected chi connectivity index (χ2v) is 16.2. The first-order valence-electron chi connectivity index (χ1n) is 19.9. The minimum atomic E-state index is -3.25. The van der Waals surface area contributed by atoms with Gasteiger partial charge in [-0.15, -0.1) is 9.89 Å². The van der Waals surface area contributed by atoms with E-state index in [0.29, 0.717) is 41.8 Å². The first-order valence-corrected chi connectivity index (χ1v) is 21.8. The molecule has 1 aliphatic rings. The van der Waals surface area contributed by atoms with Crippen molar-refractivity contribution >= 4 is 50.4 Å². The highest BCUT2D eigenvalue weighted by Gasteiger charge is 2.26. The number of ether oxygens (including phenoxy) is 1. The minimum absolute atomic E-state index is 0.163. The van der Waals surface area contributed by atoms with Gasteiger partial charge in [-0.1, -0.05) is 78.1 Å². The van der Waals surface area contributed by atoms with Crippen molar-refractivity contribution in [3.63, 3.8) is 0 Å². The van der Waals surface area contributed by atoms with E-state index in [0.717, 1.165) is 86.7 Å². The van der Waals surface area contributed by atoms with Crippen molar-refractivity contribution in [3.05, 3.63) is 53.9 Å². The molecule has 1 unspecified atom stereocenters. The fourth-order valence-electron chi connectivity index (χ4n) is 6.57. The van der Waals surface area contributed by atoms with Crippen LogP contribution in [0, 0.1) is 12.8 Å². The molecule has 0 aliphatic carbocycles. The van der Waals surface area contributed by atoms with E-state index in [1.807, 2.05) is 51.1 Å². The fraction of sp³-hybridized carbons (Fsp3) is 0.561. The van der Waals surface area contributed by atoms with Crippen molar-refractivity contribution in [1.29, 1.82) is 0 Å². The van der Waals surface area contributed by atoms with Gasteiger partial charge in [-0.3, -0.25) is 9.59 Å². The number of amides is 1. The van der Waals surface area contributed by atoms with Crippen molar-refractivity contribution in [1.82, 2.24) is 19.6 Å². The predicted octanol–water partition coefficient (Wildman–Crippen LogP) is 7.81. The monoisotopic (exact) mass is 776 g/mol. The molecule has 0 radical (unpaired) electrons. The highest BCUT2D eigenvalue weighted by molar-refractivity contribution is 7.88. The second kappa shape index (κ2) is 21.6. The van der Waals surface area contributed by atoms with Gasteiger partial charge in [-0.2, -0.15) is 5.10 Å². The van der Waals surface area contributed by atoms with Crippen molar-refractivity contribution < 1.29 is 22.7 Å². The van der Waals surface area contributed by atoms with E-state index in [1.165, 1.54) is 30.5 Å². The maximum absolute atomic E-state index is 13.0. The number of unbranched alkanes of at least 4 members (excludes halogenated alkanes) is 8. The highest BCUT2D eigenvalue weighted by atomic mass is 32.2. The summed E-state index contributed by atoms with van der Waals surface area (Å²) < 4.78 is 31.0. The molecular weight excluding hydrogens is 717 g/mol. The number of likely N-dealkylation sites (N-methyl/N-ethyl adjacent to an activating group) is 1. The lowest BCUT2D eigenvalue weighted by atomic mass is 9.94. The van der Waals surface area contributed by atoms with Crippen LogP contribution in [0.15, 0.2) is 52.6 Å². The number of hydrogen-bond acceptors (Lipinski definition) is 10. The molecular formula is C41H60N8O5S. The Morgan fingerprint density at radius 1 is 0.909 bits per heavy atom. The average Bonchev–Trinajstić information content (AvgIpc) is 3.69. The third-order valence-electron chi connectivity index (χ3n) is 9.71. The molecule has 1 atom stereocenters. The summed E-state index contributed by atoms with van der Waals surface area (Å²) in [4.78, 5) is 39.0. The smallest absolute Gasteiger partial charge is 0.309 e. The molecule has 300 valence electrons. The van der Waals surface area contributed by atoms with Gasteiger partial charge in [0, 0.05) is 36.6 Å². The van der Waals surface area contributed by atoms with Crippen molar-refractivity contribution in [3.8, 4) is 11.4 Å². The molecule has 1 amide bonds. The van der Waals surface area contributed by atoms with Gasteiger partial charge in [0.1, 0.15) is 5.71 Å². The minimum Gasteiger partial charge on any atom is -0.455 e. The van der Waals surface area contributed by atoms with Crippen LogP contribution in [0.5, 0.6) is 0 Å². The summed E-state index contributed by atoms with van der Waals surface area (Å²) in [5.74, 6) is 0.169. The molecule has 2 aromatic carbocycles. The lowest BCUT2D eigenvalue weighted by Gasteiger charge is -2.23. The average molecular weight is 777 g/mol. The van der Waals surface area contributed by atoms with E-state index in [4.69, 9.17) is 14.7 Å². The Kier molecular flexibility index (Phi) is 17.0. The van der Waals surface area contributed by atoms with Crippen LogP contribution in [0.2, 0.25) is 0 Å². The normalized spacial score (nSPS) is 13.8. The molecule has 13 nitrogen and oxygen atoms in total. The Labute approximate surface area is 327 Å². The van der Waals surface area contributed by atoms with E-state index in [2.05, 4.69) is 39.0 Å². The van der Waals surface area contributed by atoms with Crippen LogP contribution in [0.4, 0.5) is 17.1 Å². The zero-order valence-electron chi connectivity index (χ0n) is 33.6. The zero-order valence-corrected chi connectivity index (χ0v) is 34.4. The zero-order chi connectivity index (χ0) is 39.8. The van der Waals surface area contributed by atoms with Gasteiger partial charge in [0.05, 0.1) is 23.6 Å². The van der Waals surface area contributed by atoms with Crippen LogP contribution in [0.1, 0.15) is 116 Å². The van der Waals surface area contributed by atoms with Gasteiger partial charge in [0.25, 0.3) is 5.91 Å². The largest absolute Gasteiger partial charge is 0.455 e. The fourth-order valence-corrected chi connectivity index (χ4v) is 7.03. The Hall–Kier alpha value is -4.43. The van der Waals surface area contributed by atoms with Crippen molar-refractivity contribution in [2.45, 2.75) is 112 Å². The number of benzene rings is 2. The van der Waals surface area contributed by atoms with Gasteiger partial charge in [0.15, 0.2) is 12.4 Å². The summed E-state index contributed by atoms with van der Waals surface area (Å²) in [6, 6.07) is 13.1. The predicted molar refractivity (Wildman–Crippen MR) is 222 cm³/mol. The van der Waals surface area contributed by atoms with E-state index < -0.39 is 10.0 Å². The lowest BCUT2D eigenvalue weighted by molar-refractivity contribution is -0.152. The van der Waals surface area contributed by atoms with Crippen molar-refractivity contribution in [2.75, 3.05) is 42.7 Å². The summed E-state index contributed by atoms with van der Waals surface area (Å²) in [6.45, 7) is 11.5. The lowest BCUT2D eigenvalue weighted by Crippen LogP contribution is -2.34. The van der Waals surface area contributed by atoms with Gasteiger partial charge >= 0.3 is 5.97 Å². The first kappa shape index (κ1) is 43.3. The molecule has 3 aromatic rings. The SMILES string of the molecule is CCCCCCCCC(CCCCCC)C(=O)OCC(=O)Nc1ccc(-c2nc3n(n2)N=C(C)/C3=N/c2ccc(N(CC)CCNS(C)(=O)=O)cc2C)cc1. The maximum atomic E-state index is 13.0. The molecule has 0 fully saturated rings. The van der Waals surface area contributed by atoms with Crippen LogP contribution in [0.25, 0.3) is 11.4 Å². The van der Waals surface area contributed by atoms with Crippen LogP contribution >= 0.6 is 0 Å². The second-order valence-electron chi connectivity index (χ2n) is 14.3. The van der Waals surface area contributed by atoms with Crippen molar-refractivity contribution in [2.24, 2.45) is 16.0 Å². The van der Waals surface area contributed by atoms with Crippen LogP contribution < -0.4 is 14.9 Å². The molecule has 0 spiro atoms. The number of nitrogens with one attached hydrogen (secondary N) is 2. The number of aliphatic imine (C=N–C) groups is 1. The molecule has 55 heavy (non-hydrogen) atoms. The summed E-state index contributed by atoms with van der Waals surface area (Å²) in [5, 5.41) is 12.0. The van der Waals surface area contributed by atoms with Crippen LogP contribution in [0.3, 0.4) is 0 Å².